The van der Waals surface area contributed by atoms with E-state index in [1.165, 1.54) is 13.2 Å². The number of carbonyl (C=O) groups excluding carboxylic acids is 1. The summed E-state index contributed by atoms with van der Waals surface area (Å²) in [6.07, 6.45) is -4.41. The van der Waals surface area contributed by atoms with Crippen molar-refractivity contribution in [2.45, 2.75) is 12.2 Å². The largest absolute Gasteiger partial charge is 0.496 e. The van der Waals surface area contributed by atoms with Crippen LogP contribution in [-0.2, 0) is 6.18 Å². The molecule has 2 N–H and O–H groups in total. The van der Waals surface area contributed by atoms with E-state index < -0.39 is 11.7 Å². The first kappa shape index (κ1) is 12.5. The fourth-order valence-corrected chi connectivity index (χ4v) is 1.82. The smallest absolute Gasteiger partial charge is 0.416 e. The van der Waals surface area contributed by atoms with Gasteiger partial charge in [0.15, 0.2) is 0 Å². The van der Waals surface area contributed by atoms with Gasteiger partial charge in [-0.2, -0.15) is 13.2 Å². The molecule has 0 unspecified atom stereocenters. The van der Waals surface area contributed by atoms with Gasteiger partial charge in [-0.3, -0.25) is 0 Å². The Hall–Kier alpha value is -1.92. The van der Waals surface area contributed by atoms with Crippen LogP contribution in [0, 0.1) is 0 Å². The lowest BCUT2D eigenvalue weighted by molar-refractivity contribution is -0.137. The minimum Gasteiger partial charge on any atom is -0.496 e. The number of hydrogen-bond acceptors (Lipinski definition) is 2. The number of nitrogens with one attached hydrogen (secondary N) is 2. The van der Waals surface area contributed by atoms with Crippen molar-refractivity contribution in [3.05, 3.63) is 29.3 Å². The van der Waals surface area contributed by atoms with Crippen LogP contribution in [0.25, 0.3) is 0 Å². The van der Waals surface area contributed by atoms with Crippen LogP contribution in [0.2, 0.25) is 0 Å². The van der Waals surface area contributed by atoms with E-state index in [4.69, 9.17) is 4.74 Å². The normalized spacial score (nSPS) is 19.3. The van der Waals surface area contributed by atoms with Gasteiger partial charge in [0.2, 0.25) is 0 Å². The molecule has 2 amide bonds. The van der Waals surface area contributed by atoms with Gasteiger partial charge in [0.05, 0.1) is 18.7 Å². The number of urea groups is 1. The predicted molar refractivity (Wildman–Crippen MR) is 57.3 cm³/mol. The van der Waals surface area contributed by atoms with E-state index in [0.717, 1.165) is 12.1 Å². The number of hydrogen-bond donors (Lipinski definition) is 2. The molecule has 0 spiro atoms. The lowest BCUT2D eigenvalue weighted by atomic mass is 10.0. The molecular formula is C11H11F3N2O2. The summed E-state index contributed by atoms with van der Waals surface area (Å²) in [5.41, 5.74) is -0.260. The molecule has 1 aliphatic heterocycles. The number of amides is 2. The molecule has 0 saturated carbocycles. The minimum atomic E-state index is -4.41. The molecular weight excluding hydrogens is 249 g/mol. The van der Waals surface area contributed by atoms with Crippen molar-refractivity contribution in [1.82, 2.24) is 10.6 Å². The number of halogens is 3. The maximum atomic E-state index is 12.5. The topological polar surface area (TPSA) is 50.4 Å². The highest BCUT2D eigenvalue weighted by atomic mass is 19.4. The van der Waals surface area contributed by atoms with E-state index in [1.54, 1.807) is 0 Å². The molecule has 0 radical (unpaired) electrons. The average Bonchev–Trinajstić information content (AvgIpc) is 2.73. The van der Waals surface area contributed by atoms with Crippen LogP contribution in [0.1, 0.15) is 17.2 Å². The Morgan fingerprint density at radius 1 is 1.39 bits per heavy atom. The van der Waals surface area contributed by atoms with Gasteiger partial charge < -0.3 is 15.4 Å². The Morgan fingerprint density at radius 2 is 2.11 bits per heavy atom. The summed E-state index contributed by atoms with van der Waals surface area (Å²) in [5, 5.41) is 5.13. The Labute approximate surface area is 101 Å². The zero-order valence-electron chi connectivity index (χ0n) is 9.47. The van der Waals surface area contributed by atoms with Crippen LogP contribution in [-0.4, -0.2) is 19.7 Å². The number of benzene rings is 1. The lowest BCUT2D eigenvalue weighted by Gasteiger charge is -2.16. The van der Waals surface area contributed by atoms with Crippen LogP contribution in [0.5, 0.6) is 5.75 Å². The van der Waals surface area contributed by atoms with Gasteiger partial charge in [-0.15, -0.1) is 0 Å². The maximum absolute atomic E-state index is 12.5. The van der Waals surface area contributed by atoms with Crippen molar-refractivity contribution < 1.29 is 22.7 Å². The third-order valence-corrected chi connectivity index (χ3v) is 2.71. The van der Waals surface area contributed by atoms with E-state index in [1.807, 2.05) is 0 Å². The first-order chi connectivity index (χ1) is 8.41. The number of rotatable bonds is 2. The molecule has 0 aromatic heterocycles. The van der Waals surface area contributed by atoms with Crippen molar-refractivity contribution in [1.29, 1.82) is 0 Å². The maximum Gasteiger partial charge on any atom is 0.416 e. The SMILES string of the molecule is COc1cc(C(F)(F)F)ccc1[C@H]1CNC(=O)N1. The molecule has 2 rings (SSSR count). The number of carbonyl (C=O) groups is 1. The summed E-state index contributed by atoms with van der Waals surface area (Å²) in [7, 11) is 1.29. The van der Waals surface area contributed by atoms with Gasteiger partial charge >= 0.3 is 12.2 Å². The molecule has 7 heteroatoms. The first-order valence-electron chi connectivity index (χ1n) is 5.21. The molecule has 1 saturated heterocycles. The molecule has 1 atom stereocenters. The van der Waals surface area contributed by atoms with E-state index in [2.05, 4.69) is 10.6 Å². The minimum absolute atomic E-state index is 0.110. The molecule has 4 nitrogen and oxygen atoms in total. The molecule has 1 fully saturated rings. The molecule has 18 heavy (non-hydrogen) atoms. The Bertz CT molecular complexity index is 474. The van der Waals surface area contributed by atoms with Crippen molar-refractivity contribution in [2.75, 3.05) is 13.7 Å². The highest BCUT2D eigenvalue weighted by Gasteiger charge is 2.32. The summed E-state index contributed by atoms with van der Waals surface area (Å²) in [6, 6.07) is 2.50. The van der Waals surface area contributed by atoms with E-state index in [0.29, 0.717) is 12.1 Å². The van der Waals surface area contributed by atoms with Gasteiger partial charge in [-0.05, 0) is 12.1 Å². The van der Waals surface area contributed by atoms with Gasteiger partial charge in [0, 0.05) is 12.1 Å². The second-order valence-corrected chi connectivity index (χ2v) is 3.86. The van der Waals surface area contributed by atoms with Crippen LogP contribution >= 0.6 is 0 Å². The van der Waals surface area contributed by atoms with Crippen LogP contribution in [0.15, 0.2) is 18.2 Å². The summed E-state index contributed by atoms with van der Waals surface area (Å²) in [5.74, 6) is 0.110. The van der Waals surface area contributed by atoms with Crippen molar-refractivity contribution in [2.24, 2.45) is 0 Å². The van der Waals surface area contributed by atoms with E-state index >= 15 is 0 Å². The predicted octanol–water partition coefficient (Wildman–Crippen LogP) is 2.07. The van der Waals surface area contributed by atoms with Gasteiger partial charge in [0.1, 0.15) is 5.75 Å². The van der Waals surface area contributed by atoms with E-state index in [-0.39, 0.29) is 17.8 Å². The highest BCUT2D eigenvalue weighted by Crippen LogP contribution is 2.35. The molecule has 0 bridgehead atoms. The fourth-order valence-electron chi connectivity index (χ4n) is 1.82. The fraction of sp³-hybridized carbons (Fsp3) is 0.364. The van der Waals surface area contributed by atoms with Gasteiger partial charge in [-0.25, -0.2) is 4.79 Å². The van der Waals surface area contributed by atoms with Crippen LogP contribution < -0.4 is 15.4 Å². The Morgan fingerprint density at radius 3 is 2.61 bits per heavy atom. The third kappa shape index (κ3) is 2.34. The molecule has 0 aliphatic carbocycles. The molecule has 1 aromatic carbocycles. The first-order valence-corrected chi connectivity index (χ1v) is 5.21. The monoisotopic (exact) mass is 260 g/mol. The quantitative estimate of drug-likeness (QED) is 0.855. The molecule has 1 aromatic rings. The zero-order chi connectivity index (χ0) is 13.3. The van der Waals surface area contributed by atoms with Gasteiger partial charge in [-0.1, -0.05) is 6.07 Å². The number of alkyl halides is 3. The van der Waals surface area contributed by atoms with E-state index in [9.17, 15) is 18.0 Å². The van der Waals surface area contributed by atoms with Crippen molar-refractivity contribution >= 4 is 6.03 Å². The average molecular weight is 260 g/mol. The molecule has 1 heterocycles. The zero-order valence-corrected chi connectivity index (χ0v) is 9.47. The van der Waals surface area contributed by atoms with Crippen molar-refractivity contribution in [3.63, 3.8) is 0 Å². The summed E-state index contributed by atoms with van der Waals surface area (Å²) in [6.45, 7) is 0.320. The van der Waals surface area contributed by atoms with Crippen LogP contribution in [0.4, 0.5) is 18.0 Å². The summed E-state index contributed by atoms with van der Waals surface area (Å²) >= 11 is 0. The lowest BCUT2D eigenvalue weighted by Crippen LogP contribution is -2.22. The molecule has 1 aliphatic rings. The standard InChI is InChI=1S/C11H11F3N2O2/c1-18-9-4-6(11(12,13)14)2-3-7(9)8-5-15-10(17)16-8/h2-4,8H,5H2,1H3,(H2,15,16,17)/t8-/m1/s1. The third-order valence-electron chi connectivity index (χ3n) is 2.71. The Balaban J connectivity index is 2.35. The highest BCUT2D eigenvalue weighted by molar-refractivity contribution is 5.77. The number of ether oxygens (including phenoxy) is 1. The molecule has 98 valence electrons. The number of methoxy groups -OCH3 is 1. The van der Waals surface area contributed by atoms with Crippen molar-refractivity contribution in [3.8, 4) is 5.75 Å². The summed E-state index contributed by atoms with van der Waals surface area (Å²) in [4.78, 5) is 11.0. The second kappa shape index (κ2) is 4.40. The second-order valence-electron chi connectivity index (χ2n) is 3.86. The van der Waals surface area contributed by atoms with Gasteiger partial charge in [0.25, 0.3) is 0 Å². The summed E-state index contributed by atoms with van der Waals surface area (Å²) < 4.78 is 42.6. The Kier molecular flexibility index (Phi) is 3.06. The van der Waals surface area contributed by atoms with Crippen LogP contribution in [0.3, 0.4) is 0 Å².